The van der Waals surface area contributed by atoms with Crippen LogP contribution in [0.15, 0.2) is 16.6 Å². The minimum atomic E-state index is -0.464. The number of anilines is 1. The Kier molecular flexibility index (Phi) is 4.50. The second-order valence-corrected chi connectivity index (χ2v) is 3.88. The van der Waals surface area contributed by atoms with Gasteiger partial charge in [-0.1, -0.05) is 0 Å². The summed E-state index contributed by atoms with van der Waals surface area (Å²) in [6, 6.07) is 6.75. The van der Waals surface area contributed by atoms with Crippen molar-refractivity contribution in [3.63, 3.8) is 0 Å². The lowest BCUT2D eigenvalue weighted by atomic mass is 10.2. The average molecular weight is 294 g/mol. The Balaban J connectivity index is 3.10. The summed E-state index contributed by atoms with van der Waals surface area (Å²) in [5.74, 6) is 0.0321. The third-order valence-electron chi connectivity index (χ3n) is 1.93. The first kappa shape index (κ1) is 13.0. The Labute approximate surface area is 107 Å². The normalized spacial score (nSPS) is 8.94. The van der Waals surface area contributed by atoms with Gasteiger partial charge in [0.05, 0.1) is 28.9 Å². The first-order chi connectivity index (χ1) is 8.12. The second-order valence-electron chi connectivity index (χ2n) is 3.03. The van der Waals surface area contributed by atoms with E-state index >= 15 is 0 Å². The SMILES string of the molecule is COc1cc(NC(=O)CC#N)c(C#N)cc1Br. The number of hydrogen-bond acceptors (Lipinski definition) is 4. The van der Waals surface area contributed by atoms with Gasteiger partial charge in [0, 0.05) is 6.07 Å². The summed E-state index contributed by atoms with van der Waals surface area (Å²) in [4.78, 5) is 11.3. The highest BCUT2D eigenvalue weighted by Crippen LogP contribution is 2.31. The molecule has 86 valence electrons. The molecule has 0 aliphatic carbocycles. The van der Waals surface area contributed by atoms with Crippen molar-refractivity contribution in [2.45, 2.75) is 6.42 Å². The fourth-order valence-corrected chi connectivity index (χ4v) is 1.68. The topological polar surface area (TPSA) is 85.9 Å². The zero-order valence-electron chi connectivity index (χ0n) is 8.95. The van der Waals surface area contributed by atoms with Crippen molar-refractivity contribution in [1.29, 1.82) is 10.5 Å². The first-order valence-corrected chi connectivity index (χ1v) is 5.36. The van der Waals surface area contributed by atoms with Crippen molar-refractivity contribution in [2.24, 2.45) is 0 Å². The van der Waals surface area contributed by atoms with E-state index in [9.17, 15) is 4.79 Å². The number of nitrogens with zero attached hydrogens (tertiary/aromatic N) is 2. The zero-order chi connectivity index (χ0) is 12.8. The minimum absolute atomic E-state index is 0.261. The van der Waals surface area contributed by atoms with Crippen molar-refractivity contribution in [2.75, 3.05) is 12.4 Å². The highest BCUT2D eigenvalue weighted by atomic mass is 79.9. The number of carbonyl (C=O) groups excluding carboxylic acids is 1. The number of methoxy groups -OCH3 is 1. The number of hydrogen-bond donors (Lipinski definition) is 1. The summed E-state index contributed by atoms with van der Waals surface area (Å²) in [7, 11) is 1.48. The molecule has 0 saturated heterocycles. The molecule has 1 aromatic rings. The molecule has 0 fully saturated rings. The largest absolute Gasteiger partial charge is 0.495 e. The van der Waals surface area contributed by atoms with E-state index in [0.29, 0.717) is 21.5 Å². The van der Waals surface area contributed by atoms with E-state index in [0.717, 1.165) is 0 Å². The molecule has 0 saturated carbocycles. The third kappa shape index (κ3) is 3.20. The maximum Gasteiger partial charge on any atom is 0.238 e. The van der Waals surface area contributed by atoms with E-state index in [1.807, 2.05) is 6.07 Å². The number of carbonyl (C=O) groups is 1. The molecular formula is C11H8BrN3O2. The Bertz CT molecular complexity index is 529. The molecule has 1 aromatic carbocycles. The maximum atomic E-state index is 11.3. The standard InChI is InChI=1S/C11H8BrN3O2/c1-17-10-5-9(15-11(16)2-3-13)7(6-14)4-8(10)12/h4-5H,2H2,1H3,(H,15,16). The van der Waals surface area contributed by atoms with Crippen molar-refractivity contribution >= 4 is 27.5 Å². The van der Waals surface area contributed by atoms with Gasteiger partial charge in [-0.2, -0.15) is 10.5 Å². The van der Waals surface area contributed by atoms with Crippen LogP contribution in [0.3, 0.4) is 0 Å². The Morgan fingerprint density at radius 3 is 2.76 bits per heavy atom. The fraction of sp³-hybridized carbons (Fsp3) is 0.182. The van der Waals surface area contributed by atoms with Gasteiger partial charge in [0.2, 0.25) is 5.91 Å². The Morgan fingerprint density at radius 2 is 2.24 bits per heavy atom. The smallest absolute Gasteiger partial charge is 0.238 e. The molecule has 0 heterocycles. The summed E-state index contributed by atoms with van der Waals surface area (Å²) < 4.78 is 5.67. The van der Waals surface area contributed by atoms with Crippen LogP contribution in [-0.2, 0) is 4.79 Å². The van der Waals surface area contributed by atoms with Gasteiger partial charge in [0.1, 0.15) is 18.2 Å². The van der Waals surface area contributed by atoms with Gasteiger partial charge >= 0.3 is 0 Å². The van der Waals surface area contributed by atoms with E-state index < -0.39 is 5.91 Å². The fourth-order valence-electron chi connectivity index (χ4n) is 1.17. The molecule has 0 aliphatic heterocycles. The number of nitrogens with one attached hydrogen (secondary N) is 1. The van der Waals surface area contributed by atoms with Crippen LogP contribution >= 0.6 is 15.9 Å². The van der Waals surface area contributed by atoms with Crippen LogP contribution in [0.2, 0.25) is 0 Å². The van der Waals surface area contributed by atoms with Gasteiger partial charge in [-0.15, -0.1) is 0 Å². The van der Waals surface area contributed by atoms with Crippen LogP contribution in [0.5, 0.6) is 5.75 Å². The molecular weight excluding hydrogens is 286 g/mol. The molecule has 17 heavy (non-hydrogen) atoms. The quantitative estimate of drug-likeness (QED) is 0.925. The molecule has 0 atom stereocenters. The summed E-state index contributed by atoms with van der Waals surface area (Å²) in [6.45, 7) is 0. The van der Waals surface area contributed by atoms with E-state index in [2.05, 4.69) is 21.2 Å². The molecule has 0 aliphatic rings. The summed E-state index contributed by atoms with van der Waals surface area (Å²) in [5, 5.41) is 19.8. The lowest BCUT2D eigenvalue weighted by molar-refractivity contribution is -0.115. The van der Waals surface area contributed by atoms with Gasteiger partial charge < -0.3 is 10.1 Å². The Morgan fingerprint density at radius 1 is 1.53 bits per heavy atom. The molecule has 1 rings (SSSR count). The summed E-state index contributed by atoms with van der Waals surface area (Å²) in [5.41, 5.74) is 0.622. The predicted octanol–water partition coefficient (Wildman–Crippen LogP) is 2.18. The first-order valence-electron chi connectivity index (χ1n) is 4.56. The number of halogens is 1. The van der Waals surface area contributed by atoms with Crippen LogP contribution in [0.25, 0.3) is 0 Å². The van der Waals surface area contributed by atoms with Gasteiger partial charge in [0.25, 0.3) is 0 Å². The van der Waals surface area contributed by atoms with Gasteiger partial charge in [-0.25, -0.2) is 0 Å². The average Bonchev–Trinajstić information content (AvgIpc) is 2.31. The molecule has 1 amide bonds. The maximum absolute atomic E-state index is 11.3. The second kappa shape index (κ2) is 5.88. The zero-order valence-corrected chi connectivity index (χ0v) is 10.5. The molecule has 6 heteroatoms. The van der Waals surface area contributed by atoms with Gasteiger partial charge in [-0.3, -0.25) is 4.79 Å². The monoisotopic (exact) mass is 293 g/mol. The summed E-state index contributed by atoms with van der Waals surface area (Å²) >= 11 is 3.24. The van der Waals surface area contributed by atoms with Crippen molar-refractivity contribution < 1.29 is 9.53 Å². The van der Waals surface area contributed by atoms with Crippen LogP contribution < -0.4 is 10.1 Å². The van der Waals surface area contributed by atoms with E-state index in [-0.39, 0.29) is 6.42 Å². The highest BCUT2D eigenvalue weighted by molar-refractivity contribution is 9.10. The molecule has 0 unspecified atom stereocenters. The number of rotatable bonds is 3. The number of amides is 1. The highest BCUT2D eigenvalue weighted by Gasteiger charge is 2.11. The predicted molar refractivity (Wildman–Crippen MR) is 64.3 cm³/mol. The van der Waals surface area contributed by atoms with Crippen molar-refractivity contribution in [3.05, 3.63) is 22.2 Å². The van der Waals surface area contributed by atoms with Crippen LogP contribution in [0.4, 0.5) is 5.69 Å². The molecule has 5 nitrogen and oxygen atoms in total. The number of nitriles is 2. The molecule has 0 spiro atoms. The van der Waals surface area contributed by atoms with Crippen LogP contribution in [-0.4, -0.2) is 13.0 Å². The minimum Gasteiger partial charge on any atom is -0.495 e. The van der Waals surface area contributed by atoms with E-state index in [1.54, 1.807) is 12.1 Å². The van der Waals surface area contributed by atoms with Gasteiger partial charge in [0.15, 0.2) is 0 Å². The lowest BCUT2D eigenvalue weighted by Gasteiger charge is -2.09. The molecule has 0 radical (unpaired) electrons. The summed E-state index contributed by atoms with van der Waals surface area (Å²) in [6.07, 6.45) is -0.261. The van der Waals surface area contributed by atoms with Crippen LogP contribution in [0.1, 0.15) is 12.0 Å². The van der Waals surface area contributed by atoms with Crippen molar-refractivity contribution in [1.82, 2.24) is 0 Å². The number of benzene rings is 1. The van der Waals surface area contributed by atoms with Crippen molar-refractivity contribution in [3.8, 4) is 17.9 Å². The van der Waals surface area contributed by atoms with E-state index in [4.69, 9.17) is 15.3 Å². The molecule has 0 bridgehead atoms. The van der Waals surface area contributed by atoms with E-state index in [1.165, 1.54) is 13.2 Å². The molecule has 0 aromatic heterocycles. The molecule has 1 N–H and O–H groups in total. The Hall–Kier alpha value is -2.05. The van der Waals surface area contributed by atoms with Gasteiger partial charge in [-0.05, 0) is 22.0 Å². The lowest BCUT2D eigenvalue weighted by Crippen LogP contribution is -2.11. The van der Waals surface area contributed by atoms with Crippen LogP contribution in [0, 0.1) is 22.7 Å². The third-order valence-corrected chi connectivity index (χ3v) is 2.55. The number of ether oxygens (including phenoxy) is 1.